The first-order valence-electron chi connectivity index (χ1n) is 16.4. The van der Waals surface area contributed by atoms with Crippen LogP contribution in [0.3, 0.4) is 0 Å². The van der Waals surface area contributed by atoms with Crippen molar-refractivity contribution in [3.8, 4) is 90.2 Å². The van der Waals surface area contributed by atoms with Crippen LogP contribution in [0.5, 0.6) is 11.5 Å². The zero-order valence-corrected chi connectivity index (χ0v) is 26.5. The summed E-state index contributed by atoms with van der Waals surface area (Å²) < 4.78 is 6.80. The summed E-state index contributed by atoms with van der Waals surface area (Å²) >= 11 is 0. The Labute approximate surface area is 285 Å². The number of ether oxygens (including phenoxy) is 1. The number of fused-ring (bicyclic) bond motifs is 9. The van der Waals surface area contributed by atoms with Crippen LogP contribution < -0.4 is 4.74 Å². The quantitative estimate of drug-likeness (QED) is 0.196. The Hall–Kier alpha value is -6.65. The van der Waals surface area contributed by atoms with Crippen LogP contribution in [0.25, 0.3) is 78.7 Å². The summed E-state index contributed by atoms with van der Waals surface area (Å²) in [5.41, 5.74) is 11.4. The average molecular weight is 628 g/mol. The molecule has 1 aromatic heterocycles. The third-order valence-corrected chi connectivity index (χ3v) is 8.99. The first kappa shape index (κ1) is 28.6. The molecule has 8 aromatic rings. The first-order chi connectivity index (χ1) is 24.3. The summed E-state index contributed by atoms with van der Waals surface area (Å²) in [5.74, 6) is 3.48. The number of benzene rings is 7. The van der Waals surface area contributed by atoms with E-state index in [0.29, 0.717) is 17.5 Å². The largest absolute Gasteiger partial charge is 0.456 e. The third kappa shape index (κ3) is 5.26. The molecule has 0 N–H and O–H groups in total. The molecule has 0 unspecified atom stereocenters. The van der Waals surface area contributed by atoms with Crippen molar-refractivity contribution in [2.24, 2.45) is 0 Å². The summed E-state index contributed by atoms with van der Waals surface area (Å²) in [6, 6.07) is 60.4. The van der Waals surface area contributed by atoms with Crippen LogP contribution >= 0.6 is 0 Å². The van der Waals surface area contributed by atoms with Crippen molar-refractivity contribution in [2.45, 2.75) is 0 Å². The normalized spacial score (nSPS) is 11.4. The number of para-hydroxylation sites is 2. The van der Waals surface area contributed by atoms with E-state index in [9.17, 15) is 0 Å². The number of hydrogen-bond acceptors (Lipinski definition) is 4. The number of hydrogen-bond donors (Lipinski definition) is 0. The van der Waals surface area contributed by atoms with Crippen molar-refractivity contribution in [1.82, 2.24) is 15.0 Å². The maximum absolute atomic E-state index is 6.80. The fourth-order valence-corrected chi connectivity index (χ4v) is 6.66. The average Bonchev–Trinajstić information content (AvgIpc) is 3.20. The Morgan fingerprint density at radius 3 is 1.10 bits per heavy atom. The predicted octanol–water partition coefficient (Wildman–Crippen LogP) is 11.6. The molecular weight excluding hydrogens is 599 g/mol. The van der Waals surface area contributed by atoms with Crippen molar-refractivity contribution >= 4 is 0 Å². The molecule has 0 radical (unpaired) electrons. The highest BCUT2D eigenvalue weighted by molar-refractivity contribution is 5.98. The van der Waals surface area contributed by atoms with Crippen LogP contribution in [0, 0.1) is 0 Å². The molecule has 0 spiro atoms. The highest BCUT2D eigenvalue weighted by atomic mass is 16.5. The molecule has 49 heavy (non-hydrogen) atoms. The summed E-state index contributed by atoms with van der Waals surface area (Å²) in [6.45, 7) is 0. The second-order valence-electron chi connectivity index (χ2n) is 12.0. The van der Waals surface area contributed by atoms with E-state index in [1.54, 1.807) is 0 Å². The molecule has 0 saturated carbocycles. The summed E-state index contributed by atoms with van der Waals surface area (Å²) in [5, 5.41) is 0. The lowest BCUT2D eigenvalue weighted by Crippen LogP contribution is -2.00. The fraction of sp³-hybridized carbons (Fsp3) is 0. The van der Waals surface area contributed by atoms with Gasteiger partial charge in [-0.25, -0.2) is 15.0 Å². The van der Waals surface area contributed by atoms with Gasteiger partial charge in [-0.1, -0.05) is 158 Å². The van der Waals surface area contributed by atoms with Crippen LogP contribution in [0.15, 0.2) is 176 Å². The molecule has 1 aliphatic rings. The topological polar surface area (TPSA) is 47.9 Å². The van der Waals surface area contributed by atoms with Crippen molar-refractivity contribution in [3.63, 3.8) is 0 Å². The molecule has 0 fully saturated rings. The first-order valence-corrected chi connectivity index (χ1v) is 16.4. The molecule has 0 amide bonds. The van der Waals surface area contributed by atoms with Crippen LogP contribution in [-0.4, -0.2) is 15.0 Å². The monoisotopic (exact) mass is 627 g/mol. The maximum atomic E-state index is 6.80. The van der Waals surface area contributed by atoms with E-state index in [2.05, 4.69) is 91.0 Å². The molecule has 0 atom stereocenters. The van der Waals surface area contributed by atoms with Gasteiger partial charge in [0.25, 0.3) is 0 Å². The molecule has 7 aromatic carbocycles. The predicted molar refractivity (Wildman–Crippen MR) is 198 cm³/mol. The van der Waals surface area contributed by atoms with Gasteiger partial charge in [-0.05, 0) is 51.6 Å². The molecular formula is C45H29N3O. The molecule has 4 heteroatoms. The summed E-state index contributed by atoms with van der Waals surface area (Å²) in [6.07, 6.45) is 0. The molecule has 0 bridgehead atoms. The molecule has 1 aliphatic heterocycles. The summed E-state index contributed by atoms with van der Waals surface area (Å²) in [7, 11) is 0. The summed E-state index contributed by atoms with van der Waals surface area (Å²) in [4.78, 5) is 15.0. The van der Waals surface area contributed by atoms with Gasteiger partial charge in [0.2, 0.25) is 0 Å². The van der Waals surface area contributed by atoms with E-state index in [0.717, 1.165) is 72.7 Å². The van der Waals surface area contributed by atoms with Crippen molar-refractivity contribution in [3.05, 3.63) is 176 Å². The van der Waals surface area contributed by atoms with Gasteiger partial charge >= 0.3 is 0 Å². The van der Waals surface area contributed by atoms with Crippen molar-refractivity contribution in [1.29, 1.82) is 0 Å². The number of nitrogens with zero attached hydrogens (tertiary/aromatic N) is 3. The van der Waals surface area contributed by atoms with E-state index in [1.807, 2.05) is 84.9 Å². The van der Waals surface area contributed by atoms with Gasteiger partial charge in [0, 0.05) is 27.8 Å². The van der Waals surface area contributed by atoms with Crippen molar-refractivity contribution < 1.29 is 4.74 Å². The lowest BCUT2D eigenvalue weighted by atomic mass is 9.86. The number of aromatic nitrogens is 3. The molecule has 4 nitrogen and oxygen atoms in total. The van der Waals surface area contributed by atoms with Gasteiger partial charge in [0.1, 0.15) is 11.5 Å². The van der Waals surface area contributed by atoms with Crippen LogP contribution in [0.1, 0.15) is 0 Å². The molecule has 0 saturated heterocycles. The van der Waals surface area contributed by atoms with Gasteiger partial charge in [0.15, 0.2) is 17.5 Å². The van der Waals surface area contributed by atoms with Gasteiger partial charge in [-0.3, -0.25) is 0 Å². The SMILES string of the molecule is c1ccc(-c2nc(-c3ccccc3)nc(-c3ccc4c(c3)-c3ccccc3-c3ccccc3-c3ccccc3Oc3ccccc3-4)n2)cc1. The standard InChI is InChI=1S/C45H29N3O/c1-3-15-30(16-4-1)43-46-44(31-17-5-2-6-18-31)48-45(47-43)32-27-28-37-39-24-12-14-26-42(39)49-41-25-13-11-23-38(41)35-21-9-7-19-33(35)34-20-8-10-22-36(34)40(37)29-32/h1-29H. The fourth-order valence-electron chi connectivity index (χ4n) is 6.66. The second kappa shape index (κ2) is 12.2. The zero-order chi connectivity index (χ0) is 32.6. The minimum Gasteiger partial charge on any atom is -0.456 e. The highest BCUT2D eigenvalue weighted by Crippen LogP contribution is 2.48. The second-order valence-corrected chi connectivity index (χ2v) is 12.0. The Kier molecular flexibility index (Phi) is 7.10. The lowest BCUT2D eigenvalue weighted by molar-refractivity contribution is 0.486. The molecule has 9 rings (SSSR count). The minimum atomic E-state index is 0.611. The Bertz CT molecular complexity index is 2420. The van der Waals surface area contributed by atoms with Crippen LogP contribution in [0.2, 0.25) is 0 Å². The van der Waals surface area contributed by atoms with Crippen LogP contribution in [0.4, 0.5) is 0 Å². The van der Waals surface area contributed by atoms with Gasteiger partial charge in [0.05, 0.1) is 0 Å². The van der Waals surface area contributed by atoms with Crippen molar-refractivity contribution in [2.75, 3.05) is 0 Å². The van der Waals surface area contributed by atoms with Gasteiger partial charge < -0.3 is 4.74 Å². The molecule has 0 aliphatic carbocycles. The van der Waals surface area contributed by atoms with E-state index < -0.39 is 0 Å². The molecule has 230 valence electrons. The minimum absolute atomic E-state index is 0.611. The Balaban J connectivity index is 1.33. The number of rotatable bonds is 3. The lowest BCUT2D eigenvalue weighted by Gasteiger charge is -2.18. The van der Waals surface area contributed by atoms with Crippen LogP contribution in [-0.2, 0) is 0 Å². The molecule has 2 heterocycles. The van der Waals surface area contributed by atoms with E-state index >= 15 is 0 Å². The zero-order valence-electron chi connectivity index (χ0n) is 26.5. The Morgan fingerprint density at radius 2 is 0.612 bits per heavy atom. The van der Waals surface area contributed by atoms with Gasteiger partial charge in [-0.2, -0.15) is 0 Å². The van der Waals surface area contributed by atoms with E-state index in [4.69, 9.17) is 19.7 Å². The maximum Gasteiger partial charge on any atom is 0.164 e. The Morgan fingerprint density at radius 1 is 0.265 bits per heavy atom. The third-order valence-electron chi connectivity index (χ3n) is 8.99. The van der Waals surface area contributed by atoms with E-state index in [1.165, 1.54) is 0 Å². The smallest absolute Gasteiger partial charge is 0.164 e. The van der Waals surface area contributed by atoms with E-state index in [-0.39, 0.29) is 0 Å². The highest BCUT2D eigenvalue weighted by Gasteiger charge is 2.22. The van der Waals surface area contributed by atoms with Gasteiger partial charge in [-0.15, -0.1) is 0 Å².